The van der Waals surface area contributed by atoms with Gasteiger partial charge in [-0.25, -0.2) is 4.98 Å². The molecular weight excluding hydrogens is 256 g/mol. The number of thiophene rings is 1. The van der Waals surface area contributed by atoms with E-state index in [9.17, 15) is 5.11 Å². The fourth-order valence-corrected chi connectivity index (χ4v) is 2.75. The van der Waals surface area contributed by atoms with Crippen molar-refractivity contribution >= 4 is 17.2 Å². The molecule has 2 aromatic heterocycles. The first-order valence-corrected chi connectivity index (χ1v) is 7.39. The van der Waals surface area contributed by atoms with Gasteiger partial charge in [0.25, 0.3) is 0 Å². The molecule has 4 heteroatoms. The van der Waals surface area contributed by atoms with Crippen LogP contribution in [0.15, 0.2) is 35.8 Å². The van der Waals surface area contributed by atoms with Gasteiger partial charge in [0.1, 0.15) is 5.82 Å². The Morgan fingerprint density at radius 2 is 2.05 bits per heavy atom. The van der Waals surface area contributed by atoms with Crippen molar-refractivity contribution in [2.75, 3.05) is 4.90 Å². The van der Waals surface area contributed by atoms with Gasteiger partial charge in [-0.3, -0.25) is 0 Å². The zero-order valence-corrected chi connectivity index (χ0v) is 12.4. The average molecular weight is 276 g/mol. The standard InChI is InChI=1S/C15H20N2OS/c1-11(2)17(10-13-6-5-9-19-13)15-14(12(3)18)7-4-8-16-15/h4-9,11-12,18H,10H2,1-3H3/t12-/m0/s1. The van der Waals surface area contributed by atoms with Crippen molar-refractivity contribution in [3.05, 3.63) is 46.3 Å². The third-order valence-electron chi connectivity index (χ3n) is 3.07. The van der Waals surface area contributed by atoms with Crippen LogP contribution in [0, 0.1) is 0 Å². The summed E-state index contributed by atoms with van der Waals surface area (Å²) in [6.45, 7) is 6.90. The molecule has 2 aromatic rings. The molecule has 102 valence electrons. The number of aromatic nitrogens is 1. The highest BCUT2D eigenvalue weighted by molar-refractivity contribution is 7.09. The van der Waals surface area contributed by atoms with Crippen LogP contribution < -0.4 is 4.90 Å². The third-order valence-corrected chi connectivity index (χ3v) is 3.93. The van der Waals surface area contributed by atoms with Crippen molar-refractivity contribution in [2.45, 2.75) is 39.5 Å². The molecule has 2 rings (SSSR count). The van der Waals surface area contributed by atoms with E-state index in [1.807, 2.05) is 12.1 Å². The van der Waals surface area contributed by atoms with Crippen molar-refractivity contribution in [3.8, 4) is 0 Å². The lowest BCUT2D eigenvalue weighted by atomic mass is 10.1. The molecule has 0 amide bonds. The Balaban J connectivity index is 2.34. The van der Waals surface area contributed by atoms with Crippen LogP contribution in [-0.2, 0) is 6.54 Å². The summed E-state index contributed by atoms with van der Waals surface area (Å²) in [4.78, 5) is 8.00. The van der Waals surface area contributed by atoms with E-state index in [-0.39, 0.29) is 0 Å². The highest BCUT2D eigenvalue weighted by atomic mass is 32.1. The summed E-state index contributed by atoms with van der Waals surface area (Å²) in [6.07, 6.45) is 1.28. The summed E-state index contributed by atoms with van der Waals surface area (Å²) < 4.78 is 0. The molecule has 0 saturated carbocycles. The van der Waals surface area contributed by atoms with Gasteiger partial charge >= 0.3 is 0 Å². The second-order valence-electron chi connectivity index (χ2n) is 4.89. The largest absolute Gasteiger partial charge is 0.389 e. The molecule has 0 fully saturated rings. The van der Waals surface area contributed by atoms with E-state index in [1.165, 1.54) is 4.88 Å². The lowest BCUT2D eigenvalue weighted by Crippen LogP contribution is -2.31. The number of rotatable bonds is 5. The molecule has 0 radical (unpaired) electrons. The van der Waals surface area contributed by atoms with Crippen LogP contribution >= 0.6 is 11.3 Å². The van der Waals surface area contributed by atoms with Crippen molar-refractivity contribution in [1.82, 2.24) is 4.98 Å². The van der Waals surface area contributed by atoms with Crippen molar-refractivity contribution in [2.24, 2.45) is 0 Å². The maximum atomic E-state index is 9.90. The van der Waals surface area contributed by atoms with Gasteiger partial charge in [0, 0.05) is 22.7 Å². The third kappa shape index (κ3) is 3.33. The molecule has 0 unspecified atom stereocenters. The van der Waals surface area contributed by atoms with E-state index >= 15 is 0 Å². The molecule has 0 spiro atoms. The highest BCUT2D eigenvalue weighted by Crippen LogP contribution is 2.27. The lowest BCUT2D eigenvalue weighted by Gasteiger charge is -2.29. The summed E-state index contributed by atoms with van der Waals surface area (Å²) in [5.41, 5.74) is 0.882. The van der Waals surface area contributed by atoms with Gasteiger partial charge in [-0.1, -0.05) is 12.1 Å². The Morgan fingerprint density at radius 3 is 2.63 bits per heavy atom. The van der Waals surface area contributed by atoms with Gasteiger partial charge in [0.15, 0.2) is 0 Å². The average Bonchev–Trinajstić information content (AvgIpc) is 2.88. The smallest absolute Gasteiger partial charge is 0.134 e. The fraction of sp³-hybridized carbons (Fsp3) is 0.400. The van der Waals surface area contributed by atoms with Crippen LogP contribution in [0.25, 0.3) is 0 Å². The Hall–Kier alpha value is -1.39. The number of anilines is 1. The van der Waals surface area contributed by atoms with Crippen molar-refractivity contribution < 1.29 is 5.11 Å². The number of aliphatic hydroxyl groups excluding tert-OH is 1. The molecule has 1 atom stereocenters. The fourth-order valence-electron chi connectivity index (χ4n) is 2.05. The molecule has 1 N–H and O–H groups in total. The first-order valence-electron chi connectivity index (χ1n) is 6.51. The SMILES string of the molecule is CC(C)N(Cc1cccs1)c1ncccc1[C@H](C)O. The molecule has 0 bridgehead atoms. The Kier molecular flexibility index (Phi) is 4.56. The quantitative estimate of drug-likeness (QED) is 0.906. The topological polar surface area (TPSA) is 36.4 Å². The van der Waals surface area contributed by atoms with Gasteiger partial charge in [0.05, 0.1) is 12.6 Å². The van der Waals surface area contributed by atoms with Crippen LogP contribution in [0.4, 0.5) is 5.82 Å². The van der Waals surface area contributed by atoms with E-state index in [4.69, 9.17) is 0 Å². The molecule has 0 aromatic carbocycles. The van der Waals surface area contributed by atoms with E-state index in [0.717, 1.165) is 17.9 Å². The van der Waals surface area contributed by atoms with Gasteiger partial charge in [-0.2, -0.15) is 0 Å². The monoisotopic (exact) mass is 276 g/mol. The number of pyridine rings is 1. The van der Waals surface area contributed by atoms with Gasteiger partial charge in [-0.05, 0) is 38.3 Å². The number of hydrogen-bond donors (Lipinski definition) is 1. The van der Waals surface area contributed by atoms with Crippen LogP contribution in [-0.4, -0.2) is 16.1 Å². The van der Waals surface area contributed by atoms with Gasteiger partial charge < -0.3 is 10.0 Å². The summed E-state index contributed by atoms with van der Waals surface area (Å²) in [5, 5.41) is 12.0. The second-order valence-corrected chi connectivity index (χ2v) is 5.93. The minimum atomic E-state index is -0.506. The summed E-state index contributed by atoms with van der Waals surface area (Å²) in [5.74, 6) is 0.876. The van der Waals surface area contributed by atoms with E-state index in [1.54, 1.807) is 24.5 Å². The number of nitrogens with zero attached hydrogens (tertiary/aromatic N) is 2. The predicted molar refractivity (Wildman–Crippen MR) is 80.5 cm³/mol. The Labute approximate surface area is 118 Å². The molecule has 2 heterocycles. The molecule has 19 heavy (non-hydrogen) atoms. The van der Waals surface area contributed by atoms with E-state index in [0.29, 0.717) is 6.04 Å². The molecular formula is C15H20N2OS. The molecule has 3 nitrogen and oxygen atoms in total. The van der Waals surface area contributed by atoms with Crippen molar-refractivity contribution in [3.63, 3.8) is 0 Å². The molecule has 0 aliphatic carbocycles. The first-order chi connectivity index (χ1) is 9.09. The maximum Gasteiger partial charge on any atom is 0.134 e. The second kappa shape index (κ2) is 6.17. The summed E-state index contributed by atoms with van der Waals surface area (Å²) in [6, 6.07) is 8.33. The van der Waals surface area contributed by atoms with Gasteiger partial charge in [0.2, 0.25) is 0 Å². The number of aliphatic hydroxyl groups is 1. The van der Waals surface area contributed by atoms with Crippen molar-refractivity contribution in [1.29, 1.82) is 0 Å². The van der Waals surface area contributed by atoms with Crippen LogP contribution in [0.3, 0.4) is 0 Å². The maximum absolute atomic E-state index is 9.90. The zero-order chi connectivity index (χ0) is 13.8. The molecule has 0 aliphatic heterocycles. The Bertz CT molecular complexity index is 509. The first kappa shape index (κ1) is 14.0. The summed E-state index contributed by atoms with van der Waals surface area (Å²) in [7, 11) is 0. The highest BCUT2D eigenvalue weighted by Gasteiger charge is 2.18. The van der Waals surface area contributed by atoms with Crippen LogP contribution in [0.1, 0.15) is 37.3 Å². The minimum Gasteiger partial charge on any atom is -0.389 e. The Morgan fingerprint density at radius 1 is 1.26 bits per heavy atom. The lowest BCUT2D eigenvalue weighted by molar-refractivity contribution is 0.199. The number of hydrogen-bond acceptors (Lipinski definition) is 4. The van der Waals surface area contributed by atoms with Gasteiger partial charge in [-0.15, -0.1) is 11.3 Å². The predicted octanol–water partition coefficient (Wildman–Crippen LogP) is 3.61. The van der Waals surface area contributed by atoms with E-state index in [2.05, 4.69) is 41.2 Å². The molecule has 0 saturated heterocycles. The minimum absolute atomic E-state index is 0.328. The summed E-state index contributed by atoms with van der Waals surface area (Å²) >= 11 is 1.75. The van der Waals surface area contributed by atoms with Crippen LogP contribution in [0.5, 0.6) is 0 Å². The normalized spacial score (nSPS) is 12.7. The molecule has 0 aliphatic rings. The van der Waals surface area contributed by atoms with E-state index < -0.39 is 6.10 Å². The zero-order valence-electron chi connectivity index (χ0n) is 11.6. The van der Waals surface area contributed by atoms with Crippen LogP contribution in [0.2, 0.25) is 0 Å².